The number of benzene rings is 2. The van der Waals surface area contributed by atoms with E-state index in [1.165, 1.54) is 19.2 Å². The van der Waals surface area contributed by atoms with Crippen LogP contribution in [0.5, 0.6) is 11.5 Å². The van der Waals surface area contributed by atoms with Gasteiger partial charge in [0.05, 0.1) is 7.11 Å². The first kappa shape index (κ1) is 15.0. The minimum Gasteiger partial charge on any atom is -0.504 e. The molecule has 0 saturated carbocycles. The smallest absolute Gasteiger partial charge is 0.192 e. The fourth-order valence-corrected chi connectivity index (χ4v) is 2.63. The van der Waals surface area contributed by atoms with Crippen molar-refractivity contribution in [1.29, 1.82) is 0 Å². The molecule has 1 aliphatic carbocycles. The molecule has 2 aromatic rings. The highest BCUT2D eigenvalue weighted by atomic mass is 16.5. The SMILES string of the molecule is COc1cccc([C@@H](O)C2=CC(=O)c3ccccc3C2=O)c1O. The Bertz CT molecular complexity index is 835. The van der Waals surface area contributed by atoms with Gasteiger partial charge in [-0.05, 0) is 12.1 Å². The predicted octanol–water partition coefficient (Wildman–Crippen LogP) is 2.44. The van der Waals surface area contributed by atoms with Gasteiger partial charge in [0.15, 0.2) is 23.1 Å². The van der Waals surface area contributed by atoms with Gasteiger partial charge in [0.25, 0.3) is 0 Å². The Balaban J connectivity index is 2.06. The maximum absolute atomic E-state index is 12.5. The predicted molar refractivity (Wildman–Crippen MR) is 82.8 cm³/mol. The fourth-order valence-electron chi connectivity index (χ4n) is 2.63. The topological polar surface area (TPSA) is 83.8 Å². The lowest BCUT2D eigenvalue weighted by atomic mass is 9.85. The van der Waals surface area contributed by atoms with Crippen molar-refractivity contribution in [2.75, 3.05) is 7.11 Å². The molecule has 3 rings (SSSR count). The van der Waals surface area contributed by atoms with Crippen LogP contribution in [0.15, 0.2) is 54.1 Å². The van der Waals surface area contributed by atoms with Crippen LogP contribution < -0.4 is 4.74 Å². The van der Waals surface area contributed by atoms with Crippen LogP contribution in [-0.4, -0.2) is 28.9 Å². The summed E-state index contributed by atoms with van der Waals surface area (Å²) in [5, 5.41) is 20.6. The molecule has 23 heavy (non-hydrogen) atoms. The van der Waals surface area contributed by atoms with Gasteiger partial charge in [-0.15, -0.1) is 0 Å². The van der Waals surface area contributed by atoms with Crippen LogP contribution in [0.4, 0.5) is 0 Å². The van der Waals surface area contributed by atoms with Crippen molar-refractivity contribution in [3.8, 4) is 11.5 Å². The van der Waals surface area contributed by atoms with Gasteiger partial charge in [0, 0.05) is 22.3 Å². The molecule has 5 nitrogen and oxygen atoms in total. The highest BCUT2D eigenvalue weighted by molar-refractivity contribution is 6.24. The first-order valence-electron chi connectivity index (χ1n) is 6.98. The first-order valence-corrected chi connectivity index (χ1v) is 6.98. The highest BCUT2D eigenvalue weighted by Crippen LogP contribution is 2.38. The van der Waals surface area contributed by atoms with E-state index in [4.69, 9.17) is 4.74 Å². The van der Waals surface area contributed by atoms with E-state index in [0.717, 1.165) is 6.08 Å². The number of Topliss-reactive ketones (excluding diaryl/α,β-unsaturated/α-hetero) is 1. The monoisotopic (exact) mass is 310 g/mol. The van der Waals surface area contributed by atoms with Gasteiger partial charge in [-0.3, -0.25) is 9.59 Å². The van der Waals surface area contributed by atoms with E-state index < -0.39 is 11.9 Å². The van der Waals surface area contributed by atoms with Crippen LogP contribution in [-0.2, 0) is 0 Å². The van der Waals surface area contributed by atoms with Crippen LogP contribution in [0.1, 0.15) is 32.4 Å². The van der Waals surface area contributed by atoms with E-state index in [9.17, 15) is 19.8 Å². The minimum absolute atomic E-state index is 0.0720. The molecule has 2 aromatic carbocycles. The number of methoxy groups -OCH3 is 1. The van der Waals surface area contributed by atoms with Crippen LogP contribution in [0.25, 0.3) is 0 Å². The molecule has 0 heterocycles. The van der Waals surface area contributed by atoms with E-state index in [2.05, 4.69) is 0 Å². The molecule has 5 heteroatoms. The number of hydrogen-bond donors (Lipinski definition) is 2. The molecule has 0 radical (unpaired) electrons. The molecule has 0 saturated heterocycles. The molecular weight excluding hydrogens is 296 g/mol. The molecule has 0 unspecified atom stereocenters. The van der Waals surface area contributed by atoms with Gasteiger partial charge < -0.3 is 14.9 Å². The maximum Gasteiger partial charge on any atom is 0.192 e. The van der Waals surface area contributed by atoms with E-state index in [-0.39, 0.29) is 34.0 Å². The van der Waals surface area contributed by atoms with Gasteiger partial charge in [0.2, 0.25) is 0 Å². The second-order valence-corrected chi connectivity index (χ2v) is 5.14. The van der Waals surface area contributed by atoms with Crippen molar-refractivity contribution in [1.82, 2.24) is 0 Å². The summed E-state index contributed by atoms with van der Waals surface area (Å²) >= 11 is 0. The lowest BCUT2D eigenvalue weighted by Crippen LogP contribution is -2.21. The van der Waals surface area contributed by atoms with Crippen molar-refractivity contribution < 1.29 is 24.5 Å². The summed E-state index contributed by atoms with van der Waals surface area (Å²) in [4.78, 5) is 24.7. The second kappa shape index (κ2) is 5.70. The summed E-state index contributed by atoms with van der Waals surface area (Å²) in [6, 6.07) is 11.0. The lowest BCUT2D eigenvalue weighted by molar-refractivity contribution is 0.0945. The molecule has 1 atom stereocenters. The summed E-state index contributed by atoms with van der Waals surface area (Å²) in [6.07, 6.45) is -0.302. The summed E-state index contributed by atoms with van der Waals surface area (Å²) in [6.45, 7) is 0. The Labute approximate surface area is 132 Å². The molecule has 0 amide bonds. The van der Waals surface area contributed by atoms with Gasteiger partial charge >= 0.3 is 0 Å². The first-order chi connectivity index (χ1) is 11.0. The number of carbonyl (C=O) groups excluding carboxylic acids is 2. The van der Waals surface area contributed by atoms with Crippen LogP contribution in [0.2, 0.25) is 0 Å². The number of fused-ring (bicyclic) bond motifs is 1. The Kier molecular flexibility index (Phi) is 3.72. The number of rotatable bonds is 3. The van der Waals surface area contributed by atoms with Crippen molar-refractivity contribution >= 4 is 11.6 Å². The summed E-state index contributed by atoms with van der Waals surface area (Å²) in [5.41, 5.74) is 0.591. The second-order valence-electron chi connectivity index (χ2n) is 5.14. The largest absolute Gasteiger partial charge is 0.504 e. The highest BCUT2D eigenvalue weighted by Gasteiger charge is 2.31. The number of hydrogen-bond acceptors (Lipinski definition) is 5. The van der Waals surface area contributed by atoms with Crippen molar-refractivity contribution in [2.45, 2.75) is 6.10 Å². The third-order valence-electron chi connectivity index (χ3n) is 3.83. The fraction of sp³-hybridized carbons (Fsp3) is 0.111. The average Bonchev–Trinajstić information content (AvgIpc) is 2.58. The summed E-state index contributed by atoms with van der Waals surface area (Å²) in [5.74, 6) is -0.869. The normalized spacial score (nSPS) is 15.0. The van der Waals surface area contributed by atoms with Crippen LogP contribution in [0.3, 0.4) is 0 Å². The minimum atomic E-state index is -1.42. The van der Waals surface area contributed by atoms with Crippen molar-refractivity contribution in [3.63, 3.8) is 0 Å². The number of carbonyl (C=O) groups is 2. The number of aromatic hydroxyl groups is 1. The molecule has 0 bridgehead atoms. The molecule has 116 valence electrons. The molecule has 0 fully saturated rings. The number of aliphatic hydroxyl groups is 1. The van der Waals surface area contributed by atoms with Crippen LogP contribution >= 0.6 is 0 Å². The number of aliphatic hydroxyl groups excluding tert-OH is 1. The van der Waals surface area contributed by atoms with E-state index >= 15 is 0 Å². The Morgan fingerprint density at radius 3 is 2.39 bits per heavy atom. The van der Waals surface area contributed by atoms with Gasteiger partial charge in [-0.1, -0.05) is 36.4 Å². The number of ether oxygens (including phenoxy) is 1. The van der Waals surface area contributed by atoms with Gasteiger partial charge in [-0.2, -0.15) is 0 Å². The molecular formula is C18H14O5. The lowest BCUT2D eigenvalue weighted by Gasteiger charge is -2.20. The molecule has 0 aliphatic heterocycles. The van der Waals surface area contributed by atoms with Crippen molar-refractivity contribution in [3.05, 3.63) is 70.8 Å². The van der Waals surface area contributed by atoms with Gasteiger partial charge in [-0.25, -0.2) is 0 Å². The zero-order valence-corrected chi connectivity index (χ0v) is 12.3. The van der Waals surface area contributed by atoms with E-state index in [1.54, 1.807) is 30.3 Å². The Hall–Kier alpha value is -2.92. The average molecular weight is 310 g/mol. The van der Waals surface area contributed by atoms with Gasteiger partial charge in [0.1, 0.15) is 6.10 Å². The third-order valence-corrected chi connectivity index (χ3v) is 3.83. The number of allylic oxidation sites excluding steroid dienone is 1. The number of para-hydroxylation sites is 1. The van der Waals surface area contributed by atoms with E-state index in [1.807, 2.05) is 0 Å². The maximum atomic E-state index is 12.5. The molecule has 0 aromatic heterocycles. The Morgan fingerprint density at radius 1 is 1.00 bits per heavy atom. The number of phenolic OH excluding ortho intramolecular Hbond substituents is 1. The molecule has 0 spiro atoms. The molecule has 1 aliphatic rings. The quantitative estimate of drug-likeness (QED) is 0.909. The zero-order chi connectivity index (χ0) is 16.6. The number of ketones is 2. The summed E-state index contributed by atoms with van der Waals surface area (Å²) < 4.78 is 4.99. The zero-order valence-electron chi connectivity index (χ0n) is 12.3. The third kappa shape index (κ3) is 2.41. The molecule has 2 N–H and O–H groups in total. The number of phenols is 1. The standard InChI is InChI=1S/C18H14O5/c1-23-15-8-4-7-12(18(15)22)17(21)13-9-14(19)10-5-2-3-6-11(10)16(13)20/h2-9,17,21-22H,1H3/t17-/m1/s1. The van der Waals surface area contributed by atoms with Crippen LogP contribution in [0, 0.1) is 0 Å². The Morgan fingerprint density at radius 2 is 1.70 bits per heavy atom. The van der Waals surface area contributed by atoms with Crippen molar-refractivity contribution in [2.24, 2.45) is 0 Å². The summed E-state index contributed by atoms with van der Waals surface area (Å²) in [7, 11) is 1.38. The van der Waals surface area contributed by atoms with E-state index in [0.29, 0.717) is 5.56 Å².